The lowest BCUT2D eigenvalue weighted by atomic mass is 9.96. The summed E-state index contributed by atoms with van der Waals surface area (Å²) < 4.78 is 1.90. The molecule has 8 nitrogen and oxygen atoms in total. The minimum atomic E-state index is -0.116. The number of piperidine rings is 1. The van der Waals surface area contributed by atoms with Gasteiger partial charge in [-0.05, 0) is 57.8 Å². The molecule has 2 fully saturated rings. The van der Waals surface area contributed by atoms with Gasteiger partial charge in [0.1, 0.15) is 5.69 Å². The Kier molecular flexibility index (Phi) is 7.09. The van der Waals surface area contributed by atoms with Crippen LogP contribution in [-0.4, -0.2) is 65.8 Å². The highest BCUT2D eigenvalue weighted by atomic mass is 16.2. The van der Waals surface area contributed by atoms with Crippen LogP contribution in [0.15, 0.2) is 30.3 Å². The lowest BCUT2D eigenvalue weighted by molar-refractivity contribution is -0.125. The Morgan fingerprint density at radius 3 is 2.41 bits per heavy atom. The number of amides is 2. The summed E-state index contributed by atoms with van der Waals surface area (Å²) in [5.74, 6) is 0.966. The zero-order valence-corrected chi connectivity index (χ0v) is 19.1. The van der Waals surface area contributed by atoms with Crippen LogP contribution >= 0.6 is 0 Å². The lowest BCUT2D eigenvalue weighted by Gasteiger charge is -2.33. The number of hydrogen-bond acceptors (Lipinski definition) is 5. The summed E-state index contributed by atoms with van der Waals surface area (Å²) in [6.45, 7) is 8.89. The summed E-state index contributed by atoms with van der Waals surface area (Å²) in [7, 11) is 0. The fourth-order valence-electron chi connectivity index (χ4n) is 4.72. The summed E-state index contributed by atoms with van der Waals surface area (Å²) in [5.41, 5.74) is 2.47. The molecule has 0 bridgehead atoms. The zero-order chi connectivity index (χ0) is 22.5. The van der Waals surface area contributed by atoms with Gasteiger partial charge in [0.05, 0.1) is 11.4 Å². The Morgan fingerprint density at radius 1 is 1.06 bits per heavy atom. The van der Waals surface area contributed by atoms with E-state index in [1.54, 1.807) is 0 Å². The maximum atomic E-state index is 12.7. The van der Waals surface area contributed by atoms with E-state index in [9.17, 15) is 9.59 Å². The monoisotopic (exact) mass is 438 g/mol. The molecule has 0 radical (unpaired) electrons. The summed E-state index contributed by atoms with van der Waals surface area (Å²) in [4.78, 5) is 29.2. The molecule has 0 atom stereocenters. The van der Waals surface area contributed by atoms with E-state index in [1.807, 2.05) is 41.9 Å². The van der Waals surface area contributed by atoms with Crippen molar-refractivity contribution in [1.29, 1.82) is 0 Å². The number of hydrogen-bond donors (Lipinski definition) is 2. The second-order valence-electron chi connectivity index (χ2n) is 8.81. The molecule has 2 amide bonds. The number of carbonyl (C=O) groups is 2. The molecule has 8 heteroatoms. The van der Waals surface area contributed by atoms with Crippen molar-refractivity contribution >= 4 is 23.3 Å². The predicted molar refractivity (Wildman–Crippen MR) is 126 cm³/mol. The first-order valence-corrected chi connectivity index (χ1v) is 11.7. The molecule has 32 heavy (non-hydrogen) atoms. The largest absolute Gasteiger partial charge is 0.355 e. The average molecular weight is 439 g/mol. The molecular weight excluding hydrogens is 404 g/mol. The van der Waals surface area contributed by atoms with Crippen LogP contribution in [0.3, 0.4) is 0 Å². The Morgan fingerprint density at radius 2 is 1.75 bits per heavy atom. The van der Waals surface area contributed by atoms with E-state index in [0.717, 1.165) is 75.0 Å². The highest BCUT2D eigenvalue weighted by Crippen LogP contribution is 2.34. The molecule has 2 aliphatic rings. The Hall–Kier alpha value is -2.87. The van der Waals surface area contributed by atoms with Crippen LogP contribution in [0.2, 0.25) is 0 Å². The van der Waals surface area contributed by atoms with Gasteiger partial charge in [-0.2, -0.15) is 5.10 Å². The number of benzene rings is 1. The van der Waals surface area contributed by atoms with Crippen molar-refractivity contribution < 1.29 is 9.59 Å². The number of aryl methyl sites for hydroxylation is 1. The number of rotatable bonds is 7. The molecule has 0 unspecified atom stereocenters. The molecule has 1 aromatic carbocycles. The van der Waals surface area contributed by atoms with Gasteiger partial charge in [-0.3, -0.25) is 9.59 Å². The highest BCUT2D eigenvalue weighted by molar-refractivity contribution is 5.93. The first kappa shape index (κ1) is 22.3. The molecule has 0 aliphatic carbocycles. The Bertz CT molecular complexity index is 927. The van der Waals surface area contributed by atoms with E-state index in [-0.39, 0.29) is 17.7 Å². The number of anilines is 2. The molecule has 2 N–H and O–H groups in total. The van der Waals surface area contributed by atoms with E-state index in [4.69, 9.17) is 5.10 Å². The van der Waals surface area contributed by atoms with Gasteiger partial charge in [-0.25, -0.2) is 4.68 Å². The van der Waals surface area contributed by atoms with Crippen LogP contribution in [0.25, 0.3) is 5.69 Å². The third-order valence-electron chi connectivity index (χ3n) is 6.43. The molecular formula is C24H34N6O2. The Balaban J connectivity index is 1.43. The lowest BCUT2D eigenvalue weighted by Crippen LogP contribution is -2.43. The van der Waals surface area contributed by atoms with Gasteiger partial charge < -0.3 is 20.4 Å². The summed E-state index contributed by atoms with van der Waals surface area (Å²) >= 11 is 0. The average Bonchev–Trinajstić information content (AvgIpc) is 3.42. The van der Waals surface area contributed by atoms with E-state index >= 15 is 0 Å². The smallest absolute Gasteiger partial charge is 0.223 e. The van der Waals surface area contributed by atoms with E-state index in [2.05, 4.69) is 20.4 Å². The molecule has 172 valence electrons. The van der Waals surface area contributed by atoms with Crippen LogP contribution in [0.1, 0.15) is 38.3 Å². The maximum absolute atomic E-state index is 12.7. The molecule has 4 rings (SSSR count). The highest BCUT2D eigenvalue weighted by Gasteiger charge is 2.29. The zero-order valence-electron chi connectivity index (χ0n) is 19.1. The Labute approximate surface area is 190 Å². The number of aromatic nitrogens is 2. The van der Waals surface area contributed by atoms with E-state index < -0.39 is 0 Å². The van der Waals surface area contributed by atoms with Crippen LogP contribution in [0.5, 0.6) is 0 Å². The summed E-state index contributed by atoms with van der Waals surface area (Å²) in [5, 5.41) is 10.8. The first-order valence-electron chi connectivity index (χ1n) is 11.7. The second-order valence-corrected chi connectivity index (χ2v) is 8.81. The van der Waals surface area contributed by atoms with Gasteiger partial charge >= 0.3 is 0 Å². The van der Waals surface area contributed by atoms with Crippen molar-refractivity contribution in [2.45, 2.75) is 39.5 Å². The van der Waals surface area contributed by atoms with Crippen LogP contribution < -0.4 is 15.5 Å². The number of likely N-dealkylation sites (tertiary alicyclic amines) is 1. The van der Waals surface area contributed by atoms with Crippen molar-refractivity contribution in [3.8, 4) is 5.69 Å². The normalized spacial score (nSPS) is 17.5. The quantitative estimate of drug-likeness (QED) is 0.694. The van der Waals surface area contributed by atoms with Gasteiger partial charge in [-0.1, -0.05) is 18.2 Å². The van der Waals surface area contributed by atoms with Gasteiger partial charge in [0.2, 0.25) is 11.8 Å². The van der Waals surface area contributed by atoms with Crippen molar-refractivity contribution in [2.24, 2.45) is 5.92 Å². The van der Waals surface area contributed by atoms with E-state index in [0.29, 0.717) is 0 Å². The molecule has 2 aliphatic heterocycles. The SMILES string of the molecule is CC(=O)Nc1c(C)nn(-c2ccccc2)c1N1CCC(C(=O)NCCN2CCCC2)CC1. The molecule has 0 saturated carbocycles. The van der Waals surface area contributed by atoms with Crippen LogP contribution in [0, 0.1) is 12.8 Å². The fourth-order valence-corrected chi connectivity index (χ4v) is 4.72. The van der Waals surface area contributed by atoms with Gasteiger partial charge in [-0.15, -0.1) is 0 Å². The number of carbonyl (C=O) groups excluding carboxylic acids is 2. The summed E-state index contributed by atoms with van der Waals surface area (Å²) in [6.07, 6.45) is 4.11. The number of para-hydroxylation sites is 1. The van der Waals surface area contributed by atoms with Crippen molar-refractivity contribution in [2.75, 3.05) is 49.5 Å². The van der Waals surface area contributed by atoms with Crippen molar-refractivity contribution in [1.82, 2.24) is 20.0 Å². The predicted octanol–water partition coefficient (Wildman–Crippen LogP) is 2.57. The fraction of sp³-hybridized carbons (Fsp3) is 0.542. The standard InChI is InChI=1S/C24H34N6O2/c1-18-22(26-19(2)31)24(30(27-18)21-8-4-3-5-9-21)29-15-10-20(11-16-29)23(32)25-12-17-28-13-6-7-14-28/h3-5,8-9,20H,6-7,10-17H2,1-2H3,(H,25,32)(H,26,31). The molecule has 1 aromatic heterocycles. The summed E-state index contributed by atoms with van der Waals surface area (Å²) in [6, 6.07) is 9.95. The first-order chi connectivity index (χ1) is 15.5. The second kappa shape index (κ2) is 10.2. The molecule has 2 aromatic rings. The van der Waals surface area contributed by atoms with Crippen LogP contribution in [-0.2, 0) is 9.59 Å². The van der Waals surface area contributed by atoms with E-state index in [1.165, 1.54) is 19.8 Å². The van der Waals surface area contributed by atoms with Gasteiger partial charge in [0, 0.05) is 39.0 Å². The topological polar surface area (TPSA) is 82.5 Å². The molecule has 3 heterocycles. The maximum Gasteiger partial charge on any atom is 0.223 e. The van der Waals surface area contributed by atoms with Crippen molar-refractivity contribution in [3.05, 3.63) is 36.0 Å². The minimum absolute atomic E-state index is 0.0308. The number of nitrogens with one attached hydrogen (secondary N) is 2. The van der Waals surface area contributed by atoms with Gasteiger partial charge in [0.15, 0.2) is 5.82 Å². The minimum Gasteiger partial charge on any atom is -0.355 e. The third kappa shape index (κ3) is 5.12. The molecule has 0 spiro atoms. The van der Waals surface area contributed by atoms with Crippen molar-refractivity contribution in [3.63, 3.8) is 0 Å². The number of nitrogens with zero attached hydrogens (tertiary/aromatic N) is 4. The third-order valence-corrected chi connectivity index (χ3v) is 6.43. The van der Waals surface area contributed by atoms with Gasteiger partial charge in [0.25, 0.3) is 0 Å². The molecule has 2 saturated heterocycles. The van der Waals surface area contributed by atoms with Crippen LogP contribution in [0.4, 0.5) is 11.5 Å².